The average Bonchev–Trinajstić information content (AvgIpc) is 2.22. The molecular formula is C11H11ClN2O. The van der Waals surface area contributed by atoms with Crippen LogP contribution in [0.15, 0.2) is 24.3 Å². The molecule has 0 bridgehead atoms. The first-order valence-electron chi connectivity index (χ1n) is 4.49. The van der Waals surface area contributed by atoms with Crippen molar-refractivity contribution in [1.29, 1.82) is 5.26 Å². The van der Waals surface area contributed by atoms with Crippen molar-refractivity contribution in [3.8, 4) is 6.07 Å². The molecule has 0 aliphatic rings. The summed E-state index contributed by atoms with van der Waals surface area (Å²) in [4.78, 5) is 12.8. The first-order valence-corrected chi connectivity index (χ1v) is 4.86. The zero-order chi connectivity index (χ0) is 11.3. The Hall–Kier alpha value is -1.53. The van der Waals surface area contributed by atoms with Crippen molar-refractivity contribution in [3.05, 3.63) is 34.9 Å². The van der Waals surface area contributed by atoms with Gasteiger partial charge in [-0.2, -0.15) is 5.26 Å². The van der Waals surface area contributed by atoms with E-state index in [1.54, 1.807) is 19.2 Å². The molecule has 0 N–H and O–H groups in total. The second-order valence-corrected chi connectivity index (χ2v) is 3.65. The number of carbonyl (C=O) groups excluding carboxylic acids is 1. The minimum Gasteiger partial charge on any atom is -0.341 e. The highest BCUT2D eigenvalue weighted by Crippen LogP contribution is 2.11. The number of hydrogen-bond donors (Lipinski definition) is 0. The summed E-state index contributed by atoms with van der Waals surface area (Å²) in [6.07, 6.45) is -0.0793. The molecule has 0 aromatic heterocycles. The molecule has 1 aromatic rings. The van der Waals surface area contributed by atoms with Gasteiger partial charge >= 0.3 is 0 Å². The molecule has 0 radical (unpaired) electrons. The lowest BCUT2D eigenvalue weighted by Crippen LogP contribution is -2.25. The minimum atomic E-state index is -0.174. The summed E-state index contributed by atoms with van der Waals surface area (Å²) in [6.45, 7) is 0.498. The summed E-state index contributed by atoms with van der Waals surface area (Å²) in [6, 6.07) is 9.10. The Morgan fingerprint density at radius 3 is 2.60 bits per heavy atom. The molecule has 1 amide bonds. The van der Waals surface area contributed by atoms with Gasteiger partial charge in [0.1, 0.15) is 6.42 Å². The van der Waals surface area contributed by atoms with Crippen molar-refractivity contribution >= 4 is 17.5 Å². The van der Waals surface area contributed by atoms with Crippen LogP contribution in [-0.4, -0.2) is 17.9 Å². The van der Waals surface area contributed by atoms with Gasteiger partial charge in [0.05, 0.1) is 6.07 Å². The molecule has 0 fully saturated rings. The molecule has 78 valence electrons. The maximum Gasteiger partial charge on any atom is 0.236 e. The molecule has 3 nitrogen and oxygen atoms in total. The zero-order valence-electron chi connectivity index (χ0n) is 8.40. The van der Waals surface area contributed by atoms with Gasteiger partial charge in [-0.1, -0.05) is 23.7 Å². The third kappa shape index (κ3) is 3.61. The van der Waals surface area contributed by atoms with Crippen LogP contribution < -0.4 is 0 Å². The fourth-order valence-electron chi connectivity index (χ4n) is 1.15. The quantitative estimate of drug-likeness (QED) is 0.787. The van der Waals surface area contributed by atoms with Crippen LogP contribution in [0.1, 0.15) is 12.0 Å². The lowest BCUT2D eigenvalue weighted by atomic mass is 10.2. The Kier molecular flexibility index (Phi) is 4.14. The predicted molar refractivity (Wildman–Crippen MR) is 58.2 cm³/mol. The van der Waals surface area contributed by atoms with Gasteiger partial charge in [0.2, 0.25) is 5.91 Å². The summed E-state index contributed by atoms with van der Waals surface area (Å²) in [7, 11) is 1.67. The van der Waals surface area contributed by atoms with Crippen molar-refractivity contribution < 1.29 is 4.79 Å². The average molecular weight is 223 g/mol. The number of amides is 1. The van der Waals surface area contributed by atoms with Gasteiger partial charge in [-0.3, -0.25) is 4.79 Å². The molecule has 0 saturated heterocycles. The minimum absolute atomic E-state index is 0.0793. The van der Waals surface area contributed by atoms with Gasteiger partial charge in [-0.25, -0.2) is 0 Å². The van der Waals surface area contributed by atoms with Crippen LogP contribution in [0.5, 0.6) is 0 Å². The van der Waals surface area contributed by atoms with Crippen LogP contribution in [-0.2, 0) is 11.3 Å². The lowest BCUT2D eigenvalue weighted by molar-refractivity contribution is -0.129. The van der Waals surface area contributed by atoms with Crippen LogP contribution in [0.3, 0.4) is 0 Å². The number of nitriles is 1. The summed E-state index contributed by atoms with van der Waals surface area (Å²) in [5.41, 5.74) is 0.994. The Morgan fingerprint density at radius 2 is 2.07 bits per heavy atom. The number of halogens is 1. The molecule has 0 heterocycles. The molecule has 0 unspecified atom stereocenters. The van der Waals surface area contributed by atoms with E-state index in [-0.39, 0.29) is 12.3 Å². The van der Waals surface area contributed by atoms with E-state index in [4.69, 9.17) is 16.9 Å². The Morgan fingerprint density at radius 1 is 1.47 bits per heavy atom. The van der Waals surface area contributed by atoms with E-state index in [0.717, 1.165) is 5.56 Å². The van der Waals surface area contributed by atoms with Gasteiger partial charge in [0.15, 0.2) is 0 Å². The van der Waals surface area contributed by atoms with E-state index in [1.807, 2.05) is 18.2 Å². The molecule has 0 aliphatic heterocycles. The van der Waals surface area contributed by atoms with E-state index >= 15 is 0 Å². The van der Waals surface area contributed by atoms with Gasteiger partial charge in [0.25, 0.3) is 0 Å². The van der Waals surface area contributed by atoms with Crippen LogP contribution in [0.4, 0.5) is 0 Å². The van der Waals surface area contributed by atoms with Crippen LogP contribution in [0.2, 0.25) is 5.02 Å². The first-order chi connectivity index (χ1) is 7.13. The highest BCUT2D eigenvalue weighted by atomic mass is 35.5. The Bertz CT molecular complexity index is 381. The topological polar surface area (TPSA) is 44.1 Å². The van der Waals surface area contributed by atoms with Crippen LogP contribution in [0.25, 0.3) is 0 Å². The second-order valence-electron chi connectivity index (χ2n) is 3.21. The van der Waals surface area contributed by atoms with E-state index in [2.05, 4.69) is 0 Å². The van der Waals surface area contributed by atoms with E-state index in [0.29, 0.717) is 11.6 Å². The fraction of sp³-hybridized carbons (Fsp3) is 0.273. The monoisotopic (exact) mass is 222 g/mol. The van der Waals surface area contributed by atoms with Crippen molar-refractivity contribution in [1.82, 2.24) is 4.90 Å². The summed E-state index contributed by atoms with van der Waals surface area (Å²) in [5.74, 6) is -0.174. The predicted octanol–water partition coefficient (Wildman–Crippen LogP) is 2.21. The van der Waals surface area contributed by atoms with Gasteiger partial charge in [-0.15, -0.1) is 0 Å². The summed E-state index contributed by atoms with van der Waals surface area (Å²) >= 11 is 5.74. The fourth-order valence-corrected chi connectivity index (χ4v) is 1.28. The molecule has 1 aromatic carbocycles. The van der Waals surface area contributed by atoms with Crippen LogP contribution in [0, 0.1) is 11.3 Å². The number of rotatable bonds is 3. The van der Waals surface area contributed by atoms with Gasteiger partial charge < -0.3 is 4.90 Å². The third-order valence-electron chi connectivity index (χ3n) is 1.99. The van der Waals surface area contributed by atoms with E-state index in [9.17, 15) is 4.79 Å². The number of carbonyl (C=O) groups is 1. The molecule has 4 heteroatoms. The first kappa shape index (κ1) is 11.5. The zero-order valence-corrected chi connectivity index (χ0v) is 9.16. The third-order valence-corrected chi connectivity index (χ3v) is 2.24. The summed E-state index contributed by atoms with van der Waals surface area (Å²) < 4.78 is 0. The summed E-state index contributed by atoms with van der Waals surface area (Å²) in [5, 5.41) is 9.04. The van der Waals surface area contributed by atoms with Crippen molar-refractivity contribution in [2.75, 3.05) is 7.05 Å². The molecule has 0 saturated carbocycles. The highest BCUT2D eigenvalue weighted by Gasteiger charge is 2.07. The number of benzene rings is 1. The van der Waals surface area contributed by atoms with Gasteiger partial charge in [0, 0.05) is 18.6 Å². The number of nitrogens with zero attached hydrogens (tertiary/aromatic N) is 2. The molecule has 0 atom stereocenters. The maximum absolute atomic E-state index is 11.3. The van der Waals surface area contributed by atoms with Crippen molar-refractivity contribution in [2.24, 2.45) is 0 Å². The van der Waals surface area contributed by atoms with E-state index < -0.39 is 0 Å². The van der Waals surface area contributed by atoms with Crippen molar-refractivity contribution in [3.63, 3.8) is 0 Å². The lowest BCUT2D eigenvalue weighted by Gasteiger charge is -2.15. The molecule has 15 heavy (non-hydrogen) atoms. The molecule has 0 spiro atoms. The SMILES string of the molecule is CN(Cc1ccc(Cl)cc1)C(=O)CC#N. The van der Waals surface area contributed by atoms with Gasteiger partial charge in [-0.05, 0) is 17.7 Å². The number of hydrogen-bond acceptors (Lipinski definition) is 2. The van der Waals surface area contributed by atoms with E-state index in [1.165, 1.54) is 4.90 Å². The largest absolute Gasteiger partial charge is 0.341 e. The molecule has 1 rings (SSSR count). The molecule has 0 aliphatic carbocycles. The van der Waals surface area contributed by atoms with Crippen molar-refractivity contribution in [2.45, 2.75) is 13.0 Å². The highest BCUT2D eigenvalue weighted by molar-refractivity contribution is 6.30. The Balaban J connectivity index is 2.59. The smallest absolute Gasteiger partial charge is 0.236 e. The maximum atomic E-state index is 11.3. The van der Waals surface area contributed by atoms with Crippen LogP contribution >= 0.6 is 11.6 Å². The second kappa shape index (κ2) is 5.38. The normalized spacial score (nSPS) is 9.40. The Labute approximate surface area is 93.9 Å². The standard InChI is InChI=1S/C11H11ClN2O/c1-14(11(15)6-7-13)8-9-2-4-10(12)5-3-9/h2-5H,6,8H2,1H3. The molecular weight excluding hydrogens is 212 g/mol.